The fourth-order valence-electron chi connectivity index (χ4n) is 2.29. The molecule has 0 radical (unpaired) electrons. The molecule has 1 aliphatic heterocycles. The Morgan fingerprint density at radius 3 is 1.60 bits per heavy atom. The van der Waals surface area contributed by atoms with E-state index in [4.69, 9.17) is 13.8 Å². The predicted octanol–water partition coefficient (Wildman–Crippen LogP) is 4.60. The van der Waals surface area contributed by atoms with Crippen LogP contribution in [0.5, 0.6) is 0 Å². The highest BCUT2D eigenvalue weighted by atomic mass is 31.2. The van der Waals surface area contributed by atoms with Crippen LogP contribution in [0.2, 0.25) is 0 Å². The Kier molecular flexibility index (Phi) is 5.02. The third-order valence-electron chi connectivity index (χ3n) is 3.63. The van der Waals surface area contributed by atoms with E-state index in [9.17, 15) is 4.57 Å². The van der Waals surface area contributed by atoms with Crippen molar-refractivity contribution in [2.45, 2.75) is 20.8 Å². The fourth-order valence-corrected chi connectivity index (χ4v) is 3.09. The van der Waals surface area contributed by atoms with Crippen molar-refractivity contribution in [3.63, 3.8) is 0 Å². The summed E-state index contributed by atoms with van der Waals surface area (Å²) < 4.78 is 27.7. The molecule has 1 heterocycles. The van der Waals surface area contributed by atoms with Crippen LogP contribution in [0.15, 0.2) is 58.8 Å². The van der Waals surface area contributed by atoms with Crippen LogP contribution in [0.25, 0.3) is 0 Å². The molecule has 6 nitrogen and oxygen atoms in total. The first-order chi connectivity index (χ1) is 12.0. The molecule has 0 fully saturated rings. The summed E-state index contributed by atoms with van der Waals surface area (Å²) in [6.45, 7) is 5.83. The van der Waals surface area contributed by atoms with E-state index in [1.165, 1.54) is 0 Å². The largest absolute Gasteiger partial charge is 0.629 e. The van der Waals surface area contributed by atoms with E-state index in [1.807, 2.05) is 62.4 Å². The molecule has 7 heteroatoms. The maximum absolute atomic E-state index is 12.4. The molecule has 0 amide bonds. The van der Waals surface area contributed by atoms with E-state index in [0.717, 1.165) is 22.3 Å². The molecular weight excluding hydrogens is 339 g/mol. The fraction of sp³-hybridized carbons (Fsp3) is 0.222. The number of rotatable bonds is 4. The average Bonchev–Trinajstić information content (AvgIpc) is 2.76. The number of oxime groups is 2. The molecule has 130 valence electrons. The normalized spacial score (nSPS) is 16.1. The lowest BCUT2D eigenvalue weighted by Gasteiger charge is -2.08. The number of aryl methyl sites for hydroxylation is 2. The first-order valence-corrected chi connectivity index (χ1v) is 9.39. The van der Waals surface area contributed by atoms with Gasteiger partial charge in [-0.3, -0.25) is 13.8 Å². The zero-order valence-electron chi connectivity index (χ0n) is 14.3. The maximum atomic E-state index is 12.4. The molecule has 2 aromatic rings. The van der Waals surface area contributed by atoms with Gasteiger partial charge in [0.15, 0.2) is 0 Å². The molecule has 0 aliphatic carbocycles. The molecule has 0 unspecified atom stereocenters. The maximum Gasteiger partial charge on any atom is 0.629 e. The van der Waals surface area contributed by atoms with Crippen molar-refractivity contribution in [3.8, 4) is 0 Å². The van der Waals surface area contributed by atoms with Crippen LogP contribution in [0.4, 0.5) is 0 Å². The lowest BCUT2D eigenvalue weighted by molar-refractivity contribution is 0.126. The number of hydrogen-bond acceptors (Lipinski definition) is 6. The van der Waals surface area contributed by atoms with Crippen LogP contribution in [-0.4, -0.2) is 18.0 Å². The molecule has 0 saturated carbocycles. The van der Waals surface area contributed by atoms with Gasteiger partial charge < -0.3 is 0 Å². The summed E-state index contributed by atoms with van der Waals surface area (Å²) in [4.78, 5) is 0. The Hall–Kier alpha value is -2.43. The molecule has 1 aliphatic rings. The third-order valence-corrected chi connectivity index (χ3v) is 4.76. The minimum atomic E-state index is -3.87. The van der Waals surface area contributed by atoms with Crippen LogP contribution in [0.3, 0.4) is 0 Å². The minimum absolute atomic E-state index is 0.155. The van der Waals surface area contributed by atoms with Gasteiger partial charge in [0.05, 0.1) is 6.61 Å². The van der Waals surface area contributed by atoms with E-state index >= 15 is 0 Å². The molecule has 0 spiro atoms. The van der Waals surface area contributed by atoms with E-state index in [1.54, 1.807) is 6.92 Å². The van der Waals surface area contributed by atoms with Crippen LogP contribution >= 0.6 is 7.82 Å². The molecule has 3 rings (SSSR count). The van der Waals surface area contributed by atoms with Crippen molar-refractivity contribution in [1.29, 1.82) is 0 Å². The quantitative estimate of drug-likeness (QED) is 0.749. The smallest absolute Gasteiger partial charge is 0.281 e. The van der Waals surface area contributed by atoms with E-state index in [2.05, 4.69) is 10.3 Å². The number of phosphoric acid groups is 1. The molecule has 0 N–H and O–H groups in total. The second-order valence-corrected chi connectivity index (χ2v) is 7.12. The van der Waals surface area contributed by atoms with Crippen molar-refractivity contribution in [2.75, 3.05) is 6.61 Å². The monoisotopic (exact) mass is 358 g/mol. The minimum Gasteiger partial charge on any atom is -0.281 e. The van der Waals surface area contributed by atoms with Gasteiger partial charge in [0, 0.05) is 11.1 Å². The van der Waals surface area contributed by atoms with Gasteiger partial charge in [-0.25, -0.2) is 4.57 Å². The van der Waals surface area contributed by atoms with Gasteiger partial charge in [-0.15, -0.1) is 0 Å². The molecular formula is C18H19N2O4P. The van der Waals surface area contributed by atoms with Gasteiger partial charge in [-0.1, -0.05) is 70.0 Å². The molecule has 0 atom stereocenters. The summed E-state index contributed by atoms with van der Waals surface area (Å²) in [6.07, 6.45) is 0. The zero-order valence-corrected chi connectivity index (χ0v) is 15.2. The molecule has 2 aromatic carbocycles. The van der Waals surface area contributed by atoms with Crippen LogP contribution in [-0.2, 0) is 18.3 Å². The highest BCUT2D eigenvalue weighted by Crippen LogP contribution is 2.51. The van der Waals surface area contributed by atoms with Gasteiger partial charge in [0.25, 0.3) is 0 Å². The Bertz CT molecular complexity index is 790. The summed E-state index contributed by atoms with van der Waals surface area (Å²) in [7, 11) is -3.87. The van der Waals surface area contributed by atoms with Crippen molar-refractivity contribution in [2.24, 2.45) is 10.3 Å². The van der Waals surface area contributed by atoms with Crippen LogP contribution in [0, 0.1) is 13.8 Å². The van der Waals surface area contributed by atoms with Gasteiger partial charge >= 0.3 is 7.82 Å². The van der Waals surface area contributed by atoms with Gasteiger partial charge in [0.2, 0.25) is 0 Å². The van der Waals surface area contributed by atoms with E-state index in [0.29, 0.717) is 11.4 Å². The van der Waals surface area contributed by atoms with Crippen molar-refractivity contribution < 1.29 is 18.3 Å². The second-order valence-electron chi connectivity index (χ2n) is 5.64. The highest BCUT2D eigenvalue weighted by molar-refractivity contribution is 7.48. The number of benzene rings is 2. The lowest BCUT2D eigenvalue weighted by Crippen LogP contribution is -2.17. The topological polar surface area (TPSA) is 69.5 Å². The van der Waals surface area contributed by atoms with Gasteiger partial charge in [-0.05, 0) is 20.8 Å². The zero-order chi connectivity index (χ0) is 17.9. The lowest BCUT2D eigenvalue weighted by atomic mass is 9.98. The van der Waals surface area contributed by atoms with Gasteiger partial charge in [-0.2, -0.15) is 0 Å². The third kappa shape index (κ3) is 3.98. The molecule has 0 bridgehead atoms. The predicted molar refractivity (Wildman–Crippen MR) is 96.8 cm³/mol. The van der Waals surface area contributed by atoms with Crippen molar-refractivity contribution >= 4 is 19.2 Å². The summed E-state index contributed by atoms with van der Waals surface area (Å²) in [5, 5.41) is 8.10. The Morgan fingerprint density at radius 2 is 1.24 bits per heavy atom. The van der Waals surface area contributed by atoms with Crippen LogP contribution in [0.1, 0.15) is 29.2 Å². The van der Waals surface area contributed by atoms with Gasteiger partial charge in [0.1, 0.15) is 11.4 Å². The van der Waals surface area contributed by atoms with Crippen LogP contribution < -0.4 is 0 Å². The first kappa shape index (κ1) is 17.4. The van der Waals surface area contributed by atoms with Crippen molar-refractivity contribution in [3.05, 3.63) is 70.8 Å². The second kappa shape index (κ2) is 7.21. The van der Waals surface area contributed by atoms with Crippen molar-refractivity contribution in [1.82, 2.24) is 0 Å². The SMILES string of the molecule is CCOP1(=O)ON=C(c2ccc(C)cc2)C(c2ccc(C)cc2)=NO1. The number of nitrogens with zero attached hydrogens (tertiary/aromatic N) is 2. The average molecular weight is 358 g/mol. The summed E-state index contributed by atoms with van der Waals surface area (Å²) in [6, 6.07) is 15.4. The van der Waals surface area contributed by atoms with E-state index < -0.39 is 7.82 Å². The summed E-state index contributed by atoms with van der Waals surface area (Å²) in [5.74, 6) is 0. The molecule has 0 aromatic heterocycles. The molecule has 25 heavy (non-hydrogen) atoms. The standard InChI is InChI=1S/C18H19N2O4P/c1-4-22-25(21)23-19-17(15-9-5-13(2)6-10-15)18(20-24-25)16-11-7-14(3)8-12-16/h5-12H,4H2,1-3H3. The Morgan fingerprint density at radius 1 is 0.840 bits per heavy atom. The summed E-state index contributed by atoms with van der Waals surface area (Å²) >= 11 is 0. The van der Waals surface area contributed by atoms with E-state index in [-0.39, 0.29) is 6.61 Å². The highest BCUT2D eigenvalue weighted by Gasteiger charge is 2.34. The first-order valence-electron chi connectivity index (χ1n) is 7.93. The molecule has 0 saturated heterocycles. The number of hydrogen-bond donors (Lipinski definition) is 0. The Labute approximate surface area is 146 Å². The Balaban J connectivity index is 2.09. The summed E-state index contributed by atoms with van der Waals surface area (Å²) in [5.41, 5.74) is 4.65.